The molecule has 0 aliphatic rings. The molecule has 0 aromatic heterocycles. The highest BCUT2D eigenvalue weighted by atomic mass is 16.5. The fraction of sp³-hybridized carbons (Fsp3) is 0.600. The lowest BCUT2D eigenvalue weighted by Crippen LogP contribution is -2.11. The van der Waals surface area contributed by atoms with Crippen molar-refractivity contribution >= 4 is 17.4 Å². The molecule has 0 saturated heterocycles. The summed E-state index contributed by atoms with van der Waals surface area (Å²) in [5, 5.41) is 3.37. The van der Waals surface area contributed by atoms with Crippen LogP contribution in [-0.2, 0) is 9.53 Å². The SMILES string of the molecule is CCCCCCCCCC=CCCCNc1ccc(C(=O)CC(=O)OCC)cc1. The third-order valence-electron chi connectivity index (χ3n) is 4.83. The number of hydrogen-bond acceptors (Lipinski definition) is 4. The Bertz CT molecular complexity index is 593. The molecule has 1 N–H and O–H groups in total. The quantitative estimate of drug-likeness (QED) is 0.104. The van der Waals surface area contributed by atoms with Crippen molar-refractivity contribution in [3.05, 3.63) is 42.0 Å². The summed E-state index contributed by atoms with van der Waals surface area (Å²) in [6.45, 7) is 5.19. The highest BCUT2D eigenvalue weighted by molar-refractivity contribution is 6.06. The Morgan fingerprint density at radius 1 is 0.862 bits per heavy atom. The molecule has 0 aliphatic carbocycles. The first-order valence-electron chi connectivity index (χ1n) is 11.3. The van der Waals surface area contributed by atoms with E-state index < -0.39 is 5.97 Å². The number of allylic oxidation sites excluding steroid dienone is 2. The van der Waals surface area contributed by atoms with Crippen LogP contribution in [0, 0.1) is 0 Å². The van der Waals surface area contributed by atoms with Crippen LogP contribution < -0.4 is 5.32 Å². The number of rotatable bonds is 17. The second-order valence-electron chi connectivity index (χ2n) is 7.43. The Labute approximate surface area is 177 Å². The minimum atomic E-state index is -0.472. The zero-order valence-electron chi connectivity index (χ0n) is 18.4. The summed E-state index contributed by atoms with van der Waals surface area (Å²) < 4.78 is 4.81. The number of ether oxygens (including phenoxy) is 1. The van der Waals surface area contributed by atoms with E-state index in [0.717, 1.165) is 25.1 Å². The fourth-order valence-electron chi connectivity index (χ4n) is 3.13. The molecule has 0 saturated carbocycles. The van der Waals surface area contributed by atoms with Gasteiger partial charge in [0.2, 0.25) is 0 Å². The van der Waals surface area contributed by atoms with Gasteiger partial charge in [-0.2, -0.15) is 0 Å². The van der Waals surface area contributed by atoms with Crippen LogP contribution in [0.3, 0.4) is 0 Å². The largest absolute Gasteiger partial charge is 0.466 e. The third-order valence-corrected chi connectivity index (χ3v) is 4.83. The number of hydrogen-bond donors (Lipinski definition) is 1. The van der Waals surface area contributed by atoms with Gasteiger partial charge in [-0.05, 0) is 56.9 Å². The van der Waals surface area contributed by atoms with Gasteiger partial charge in [-0.15, -0.1) is 0 Å². The van der Waals surface area contributed by atoms with Crippen LogP contribution in [0.1, 0.15) is 94.8 Å². The second-order valence-corrected chi connectivity index (χ2v) is 7.43. The Balaban J connectivity index is 2.08. The van der Waals surface area contributed by atoms with E-state index in [9.17, 15) is 9.59 Å². The van der Waals surface area contributed by atoms with Crippen LogP contribution in [0.25, 0.3) is 0 Å². The van der Waals surface area contributed by atoms with Gasteiger partial charge in [0.25, 0.3) is 0 Å². The number of nitrogens with one attached hydrogen (secondary N) is 1. The average molecular weight is 402 g/mol. The van der Waals surface area contributed by atoms with E-state index in [1.165, 1.54) is 51.4 Å². The average Bonchev–Trinajstić information content (AvgIpc) is 2.72. The van der Waals surface area contributed by atoms with Crippen LogP contribution in [-0.4, -0.2) is 24.9 Å². The molecule has 0 bridgehead atoms. The van der Waals surface area contributed by atoms with Gasteiger partial charge in [0.05, 0.1) is 6.61 Å². The maximum Gasteiger partial charge on any atom is 0.313 e. The predicted molar refractivity (Wildman–Crippen MR) is 121 cm³/mol. The monoisotopic (exact) mass is 401 g/mol. The van der Waals surface area contributed by atoms with E-state index in [4.69, 9.17) is 4.74 Å². The summed E-state index contributed by atoms with van der Waals surface area (Å²) in [7, 11) is 0. The van der Waals surface area contributed by atoms with Crippen LogP contribution >= 0.6 is 0 Å². The van der Waals surface area contributed by atoms with Crippen molar-refractivity contribution in [1.29, 1.82) is 0 Å². The molecule has 0 aliphatic heterocycles. The highest BCUT2D eigenvalue weighted by Gasteiger charge is 2.12. The standard InChI is InChI=1S/C25H39NO3/c1-3-5-6-7-8-9-10-11-12-13-14-15-20-26-23-18-16-22(17-19-23)24(27)21-25(28)29-4-2/h12-13,16-19,26H,3-11,14-15,20-21H2,1-2H3. The number of ketones is 1. The summed E-state index contributed by atoms with van der Waals surface area (Å²) in [5.41, 5.74) is 1.53. The van der Waals surface area contributed by atoms with Crippen molar-refractivity contribution in [2.75, 3.05) is 18.5 Å². The van der Waals surface area contributed by atoms with E-state index in [1.807, 2.05) is 12.1 Å². The zero-order valence-corrected chi connectivity index (χ0v) is 18.4. The lowest BCUT2D eigenvalue weighted by molar-refractivity contribution is -0.141. The number of benzene rings is 1. The third kappa shape index (κ3) is 12.9. The molecule has 0 unspecified atom stereocenters. The molecule has 0 heterocycles. The maximum absolute atomic E-state index is 12.0. The molecule has 4 nitrogen and oxygen atoms in total. The summed E-state index contributed by atoms with van der Waals surface area (Å²) in [6, 6.07) is 7.28. The summed E-state index contributed by atoms with van der Waals surface area (Å²) in [4.78, 5) is 23.4. The number of unbranched alkanes of at least 4 members (excludes halogenated alkanes) is 8. The molecular weight excluding hydrogens is 362 g/mol. The van der Waals surface area contributed by atoms with Crippen LogP contribution in [0.5, 0.6) is 0 Å². The van der Waals surface area contributed by atoms with Crippen LogP contribution in [0.4, 0.5) is 5.69 Å². The van der Waals surface area contributed by atoms with Crippen LogP contribution in [0.15, 0.2) is 36.4 Å². The minimum absolute atomic E-state index is 0.203. The van der Waals surface area contributed by atoms with Gasteiger partial charge >= 0.3 is 5.97 Å². The summed E-state index contributed by atoms with van der Waals surface area (Å²) in [6.07, 6.45) is 17.3. The second kappa shape index (κ2) is 16.8. The Morgan fingerprint density at radius 3 is 2.14 bits per heavy atom. The number of carbonyl (C=O) groups excluding carboxylic acids is 2. The first-order chi connectivity index (χ1) is 14.2. The molecule has 0 fully saturated rings. The molecule has 1 aromatic rings. The van der Waals surface area contributed by atoms with E-state index >= 15 is 0 Å². The summed E-state index contributed by atoms with van der Waals surface area (Å²) >= 11 is 0. The van der Waals surface area contributed by atoms with Gasteiger partial charge in [0, 0.05) is 17.8 Å². The first kappa shape index (κ1) is 24.9. The Hall–Kier alpha value is -2.10. The van der Waals surface area contributed by atoms with Gasteiger partial charge < -0.3 is 10.1 Å². The van der Waals surface area contributed by atoms with Crippen molar-refractivity contribution in [1.82, 2.24) is 0 Å². The normalized spacial score (nSPS) is 11.0. The van der Waals surface area contributed by atoms with Gasteiger partial charge in [-0.3, -0.25) is 9.59 Å². The van der Waals surface area contributed by atoms with Gasteiger partial charge in [0.1, 0.15) is 6.42 Å². The maximum atomic E-state index is 12.0. The van der Waals surface area contributed by atoms with E-state index in [1.54, 1.807) is 19.1 Å². The van der Waals surface area contributed by atoms with Crippen molar-refractivity contribution in [3.63, 3.8) is 0 Å². The first-order valence-corrected chi connectivity index (χ1v) is 11.3. The zero-order chi connectivity index (χ0) is 21.2. The topological polar surface area (TPSA) is 55.4 Å². The molecule has 1 aromatic carbocycles. The minimum Gasteiger partial charge on any atom is -0.466 e. The number of esters is 1. The van der Waals surface area contributed by atoms with Gasteiger partial charge in [-0.1, -0.05) is 57.6 Å². The van der Waals surface area contributed by atoms with Crippen molar-refractivity contribution in [3.8, 4) is 0 Å². The molecule has 0 atom stereocenters. The van der Waals surface area contributed by atoms with Gasteiger partial charge in [0.15, 0.2) is 5.78 Å². The lowest BCUT2D eigenvalue weighted by atomic mass is 10.1. The molecule has 0 amide bonds. The van der Waals surface area contributed by atoms with Crippen molar-refractivity contribution in [2.24, 2.45) is 0 Å². The number of anilines is 1. The van der Waals surface area contributed by atoms with Gasteiger partial charge in [-0.25, -0.2) is 0 Å². The Morgan fingerprint density at radius 2 is 1.48 bits per heavy atom. The fourth-order valence-corrected chi connectivity index (χ4v) is 3.13. The van der Waals surface area contributed by atoms with E-state index in [2.05, 4.69) is 24.4 Å². The van der Waals surface area contributed by atoms with Crippen LogP contribution in [0.2, 0.25) is 0 Å². The van der Waals surface area contributed by atoms with Crippen molar-refractivity contribution in [2.45, 2.75) is 84.5 Å². The summed E-state index contributed by atoms with van der Waals surface area (Å²) in [5.74, 6) is -0.680. The number of Topliss-reactive ketones (excluding diaryl/α,β-unsaturated/α-hetero) is 1. The Kier molecular flexibility index (Phi) is 14.5. The smallest absolute Gasteiger partial charge is 0.313 e. The molecule has 1 rings (SSSR count). The van der Waals surface area contributed by atoms with Crippen molar-refractivity contribution < 1.29 is 14.3 Å². The molecule has 0 radical (unpaired) electrons. The molecular formula is C25H39NO3. The molecule has 29 heavy (non-hydrogen) atoms. The number of carbonyl (C=O) groups is 2. The highest BCUT2D eigenvalue weighted by Crippen LogP contribution is 2.12. The molecule has 162 valence electrons. The lowest BCUT2D eigenvalue weighted by Gasteiger charge is -2.06. The van der Waals surface area contributed by atoms with E-state index in [0.29, 0.717) is 12.2 Å². The molecule has 4 heteroatoms. The predicted octanol–water partition coefficient (Wildman–Crippen LogP) is 6.71. The van der Waals surface area contributed by atoms with E-state index in [-0.39, 0.29) is 12.2 Å². The molecule has 0 spiro atoms.